The van der Waals surface area contributed by atoms with Gasteiger partial charge in [0.25, 0.3) is 0 Å². The van der Waals surface area contributed by atoms with Gasteiger partial charge in [0.15, 0.2) is 0 Å². The van der Waals surface area contributed by atoms with E-state index in [1.165, 1.54) is 57.8 Å². The minimum absolute atomic E-state index is 0.00827. The van der Waals surface area contributed by atoms with Crippen LogP contribution in [0.25, 0.3) is 0 Å². The molecule has 0 amide bonds. The maximum atomic E-state index is 13.0. The highest BCUT2D eigenvalue weighted by atomic mass is 16.5. The van der Waals surface area contributed by atoms with Crippen molar-refractivity contribution in [2.45, 2.75) is 223 Å². The summed E-state index contributed by atoms with van der Waals surface area (Å²) in [6.45, 7) is 28.3. The molecule has 0 radical (unpaired) electrons. The van der Waals surface area contributed by atoms with E-state index in [-0.39, 0.29) is 58.9 Å². The first-order chi connectivity index (χ1) is 30.0. The Bertz CT molecular complexity index is 1630. The van der Waals surface area contributed by atoms with Crippen LogP contribution >= 0.6 is 0 Å². The van der Waals surface area contributed by atoms with E-state index >= 15 is 0 Å². The summed E-state index contributed by atoms with van der Waals surface area (Å²) in [7, 11) is 0. The van der Waals surface area contributed by atoms with Crippen LogP contribution in [0.15, 0.2) is 11.6 Å². The predicted octanol–water partition coefficient (Wildman–Crippen LogP) is 11.4. The van der Waals surface area contributed by atoms with E-state index in [9.17, 15) is 30.3 Å². The van der Waals surface area contributed by atoms with Crippen molar-refractivity contribution in [3.8, 4) is 0 Å². The van der Waals surface area contributed by atoms with Crippen LogP contribution in [-0.4, -0.2) is 68.6 Å². The van der Waals surface area contributed by atoms with E-state index < -0.39 is 24.4 Å². The van der Waals surface area contributed by atoms with Gasteiger partial charge in [-0.3, -0.25) is 4.79 Å². The molecule has 1 heterocycles. The monoisotopic (exact) mass is 895 g/mol. The molecule has 8 rings (SSSR count). The van der Waals surface area contributed by atoms with Gasteiger partial charge in [0.2, 0.25) is 0 Å². The summed E-state index contributed by atoms with van der Waals surface area (Å²) in [5, 5.41) is 53.1. The third-order valence-electron chi connectivity index (χ3n) is 22.8. The Labute approximate surface area is 391 Å². The molecule has 7 fully saturated rings. The van der Waals surface area contributed by atoms with E-state index in [1.54, 1.807) is 5.57 Å². The number of carbonyl (C=O) groups is 1. The van der Waals surface area contributed by atoms with Crippen LogP contribution < -0.4 is 0 Å². The molecule has 22 atom stereocenters. The lowest BCUT2D eigenvalue weighted by Crippen LogP contribution is -2.55. The molecule has 0 aromatic rings. The highest BCUT2D eigenvalue weighted by molar-refractivity contribution is 5.74. The molecule has 5 N–H and O–H groups in total. The normalized spacial score (nSPS) is 46.8. The number of esters is 1. The van der Waals surface area contributed by atoms with Crippen molar-refractivity contribution in [2.75, 3.05) is 6.61 Å². The molecular formula is C57H98O7. The maximum Gasteiger partial charge on any atom is 0.309 e. The molecule has 64 heavy (non-hydrogen) atoms. The molecule has 0 aromatic carbocycles. The van der Waals surface area contributed by atoms with Gasteiger partial charge >= 0.3 is 5.97 Å². The number of aliphatic hydroxyl groups is 5. The Balaban J connectivity index is 0.000000193. The molecule has 368 valence electrons. The number of fused-ring (bicyclic) bond motifs is 10. The molecule has 0 unspecified atom stereocenters. The largest absolute Gasteiger partial charge is 0.465 e. The van der Waals surface area contributed by atoms with Crippen LogP contribution in [0.1, 0.15) is 192 Å². The van der Waals surface area contributed by atoms with Crippen LogP contribution in [0.5, 0.6) is 0 Å². The average molecular weight is 895 g/mol. The van der Waals surface area contributed by atoms with Crippen molar-refractivity contribution in [1.82, 2.24) is 0 Å². The van der Waals surface area contributed by atoms with E-state index in [1.807, 2.05) is 6.92 Å². The zero-order valence-electron chi connectivity index (χ0n) is 42.9. The van der Waals surface area contributed by atoms with Crippen molar-refractivity contribution in [2.24, 2.45) is 110 Å². The van der Waals surface area contributed by atoms with Crippen molar-refractivity contribution < 1.29 is 35.1 Å². The number of rotatable bonds is 11. The van der Waals surface area contributed by atoms with Gasteiger partial charge in [-0.1, -0.05) is 108 Å². The summed E-state index contributed by atoms with van der Waals surface area (Å²) in [5.41, 5.74) is 2.24. The van der Waals surface area contributed by atoms with Crippen molar-refractivity contribution in [3.63, 3.8) is 0 Å². The summed E-state index contributed by atoms with van der Waals surface area (Å²) in [6.07, 6.45) is 18.7. The molecule has 7 aliphatic carbocycles. The molecule has 6 saturated carbocycles. The first kappa shape index (κ1) is 50.9. The van der Waals surface area contributed by atoms with E-state index in [4.69, 9.17) is 4.74 Å². The van der Waals surface area contributed by atoms with Crippen molar-refractivity contribution in [3.05, 3.63) is 11.6 Å². The van der Waals surface area contributed by atoms with Crippen molar-refractivity contribution in [1.29, 1.82) is 0 Å². The average Bonchev–Trinajstić information content (AvgIpc) is 3.77. The zero-order valence-corrected chi connectivity index (χ0v) is 42.9. The Kier molecular flexibility index (Phi) is 15.4. The van der Waals surface area contributed by atoms with E-state index in [0.29, 0.717) is 41.6 Å². The predicted molar refractivity (Wildman–Crippen MR) is 258 cm³/mol. The van der Waals surface area contributed by atoms with Crippen LogP contribution in [0.4, 0.5) is 0 Å². The quantitative estimate of drug-likeness (QED) is 0.103. The second-order valence-electron chi connectivity index (χ2n) is 26.2. The van der Waals surface area contributed by atoms with Crippen LogP contribution in [0.2, 0.25) is 0 Å². The molecule has 7 nitrogen and oxygen atoms in total. The van der Waals surface area contributed by atoms with Crippen LogP contribution in [-0.2, 0) is 9.53 Å². The Hall–Kier alpha value is -0.990. The van der Waals surface area contributed by atoms with Gasteiger partial charge in [0.1, 0.15) is 0 Å². The van der Waals surface area contributed by atoms with Gasteiger partial charge in [-0.15, -0.1) is 0 Å². The molecule has 1 aliphatic heterocycles. The fourth-order valence-electron chi connectivity index (χ4n) is 18.3. The maximum absolute atomic E-state index is 13.0. The molecule has 8 aliphatic rings. The molecule has 1 saturated heterocycles. The van der Waals surface area contributed by atoms with Gasteiger partial charge < -0.3 is 30.3 Å². The lowest BCUT2D eigenvalue weighted by molar-refractivity contribution is -0.162. The van der Waals surface area contributed by atoms with Gasteiger partial charge in [-0.2, -0.15) is 0 Å². The SMILES string of the molecule is CC(C)[C@H](C)[C@@H](O)[C@H](O)[C@@H](C)[C@H]1CC[C@H]2[C@@H]3COC(=O)[C@H]4C[C@H](O)[C@H](O)C[C@]4(C)[C@H]3CC[C@]12C.CC[C@H](CC[C@@H](C)[C@H]1CC[C@H]2[C@@H]3CC=C4C[C@@H](O)CC[C@]4(C)[C@H]3CC[C@]12C)C(C)C. The number of cyclic esters (lactones) is 1. The summed E-state index contributed by atoms with van der Waals surface area (Å²) in [6, 6.07) is 0. The number of carbonyl (C=O) groups excluding carboxylic acids is 1. The van der Waals surface area contributed by atoms with Crippen LogP contribution in [0.3, 0.4) is 0 Å². The number of allylic oxidation sites excluding steroid dienone is 1. The van der Waals surface area contributed by atoms with Gasteiger partial charge in [0, 0.05) is 0 Å². The van der Waals surface area contributed by atoms with Crippen molar-refractivity contribution >= 4 is 5.97 Å². The van der Waals surface area contributed by atoms with E-state index in [2.05, 4.69) is 82.2 Å². The summed E-state index contributed by atoms with van der Waals surface area (Å²) < 4.78 is 5.86. The first-order valence-electron chi connectivity index (χ1n) is 27.3. The minimum atomic E-state index is -0.867. The van der Waals surface area contributed by atoms with E-state index in [0.717, 1.165) is 80.0 Å². The zero-order chi connectivity index (χ0) is 46.8. The minimum Gasteiger partial charge on any atom is -0.465 e. The lowest BCUT2D eigenvalue weighted by Gasteiger charge is -2.58. The third-order valence-corrected chi connectivity index (χ3v) is 22.8. The van der Waals surface area contributed by atoms with Gasteiger partial charge in [-0.05, 0) is 201 Å². The molecule has 0 spiro atoms. The Morgan fingerprint density at radius 3 is 1.94 bits per heavy atom. The first-order valence-corrected chi connectivity index (χ1v) is 27.3. The molecule has 0 aromatic heterocycles. The fraction of sp³-hybridized carbons (Fsp3) is 0.947. The topological polar surface area (TPSA) is 127 Å². The lowest BCUT2D eigenvalue weighted by atomic mass is 9.47. The molecular weight excluding hydrogens is 797 g/mol. The second-order valence-corrected chi connectivity index (χ2v) is 26.2. The Morgan fingerprint density at radius 2 is 1.30 bits per heavy atom. The Morgan fingerprint density at radius 1 is 0.688 bits per heavy atom. The number of aliphatic hydroxyl groups excluding tert-OH is 5. The second kappa shape index (κ2) is 19.4. The molecule has 7 heteroatoms. The number of hydrogen-bond acceptors (Lipinski definition) is 7. The third kappa shape index (κ3) is 8.91. The standard InChI is InChI=1S/C29H50O.C28H48O6/c1-7-21(19(2)3)9-8-20(4)25-12-13-26-24-11-10-22-18-23(30)14-16-28(22,5)27(24)15-17-29(25,26)6;1-14(2)15(3)24(31)25(32)16(4)18-7-8-19-17-13-34-26(33)21-11-22(29)23(30)12-28(21,6)20(17)9-10-27(18,19)5/h10,19-21,23-27,30H,7-9,11-18H2,1-6H3;14-25,29-32H,7-13H2,1-6H3/t20-,21-,23+,24+,25-,26+,27+,28+,29-;15-,16-,17-,18+,19-,20-,21+,22-,23+,24+,25+,27+,28+/m10/s1. The summed E-state index contributed by atoms with van der Waals surface area (Å²) in [4.78, 5) is 13.0. The molecule has 0 bridgehead atoms. The number of hydrogen-bond donors (Lipinski definition) is 5. The van der Waals surface area contributed by atoms with Gasteiger partial charge in [0.05, 0.1) is 43.0 Å². The smallest absolute Gasteiger partial charge is 0.309 e. The summed E-state index contributed by atoms with van der Waals surface area (Å²) in [5.74, 6) is 7.25. The van der Waals surface area contributed by atoms with Crippen LogP contribution in [0, 0.1) is 110 Å². The fourth-order valence-corrected chi connectivity index (χ4v) is 18.3. The number of ether oxygens (including phenoxy) is 1. The van der Waals surface area contributed by atoms with Gasteiger partial charge in [-0.25, -0.2) is 0 Å². The highest BCUT2D eigenvalue weighted by Gasteiger charge is 2.64. The summed E-state index contributed by atoms with van der Waals surface area (Å²) >= 11 is 0. The highest BCUT2D eigenvalue weighted by Crippen LogP contribution is 2.68.